The number of nitrogens with one attached hydrogen (secondary N) is 1. The molecule has 0 rings (SSSR count). The van der Waals surface area contributed by atoms with Crippen molar-refractivity contribution < 1.29 is 9.90 Å². The van der Waals surface area contributed by atoms with Gasteiger partial charge in [0.2, 0.25) is 5.91 Å². The molecule has 26 heavy (non-hydrogen) atoms. The van der Waals surface area contributed by atoms with Crippen LogP contribution in [0.4, 0.5) is 0 Å². The van der Waals surface area contributed by atoms with Crippen molar-refractivity contribution in [2.75, 3.05) is 6.54 Å². The monoisotopic (exact) mass is 363 g/mol. The van der Waals surface area contributed by atoms with E-state index < -0.39 is 0 Å². The lowest BCUT2D eigenvalue weighted by Gasteiger charge is -2.05. The maximum absolute atomic E-state index is 11.6. The third-order valence-corrected chi connectivity index (χ3v) is 4.32. The minimum Gasteiger partial charge on any atom is -0.513 e. The van der Waals surface area contributed by atoms with Gasteiger partial charge in [0.25, 0.3) is 0 Å². The molecular weight excluding hydrogens is 322 g/mol. The number of hydrogen-bond donors (Lipinski definition) is 2. The van der Waals surface area contributed by atoms with Gasteiger partial charge in [0.1, 0.15) is 0 Å². The molecule has 0 radical (unpaired) electrons. The first kappa shape index (κ1) is 24.5. The number of carbonyl (C=O) groups excluding carboxylic acids is 1. The molecule has 0 spiro atoms. The molecule has 0 saturated heterocycles. The number of unbranched alkanes of at least 4 members (excludes halogenated alkanes) is 8. The Labute approximate surface area is 161 Å². The van der Waals surface area contributed by atoms with E-state index in [0.717, 1.165) is 25.7 Å². The molecule has 1 amide bonds. The Morgan fingerprint density at radius 3 is 2.12 bits per heavy atom. The van der Waals surface area contributed by atoms with Crippen LogP contribution in [0.25, 0.3) is 0 Å². The molecule has 0 fully saturated rings. The Morgan fingerprint density at radius 1 is 0.846 bits per heavy atom. The maximum Gasteiger partial charge on any atom is 0.219 e. The van der Waals surface area contributed by atoms with E-state index in [2.05, 4.69) is 43.1 Å². The summed E-state index contributed by atoms with van der Waals surface area (Å²) in [6.45, 7) is 6.29. The molecule has 150 valence electrons. The molecule has 0 aliphatic carbocycles. The van der Waals surface area contributed by atoms with Crippen molar-refractivity contribution in [1.29, 1.82) is 0 Å². The zero-order valence-electron chi connectivity index (χ0n) is 17.0. The lowest BCUT2D eigenvalue weighted by molar-refractivity contribution is -0.121. The summed E-state index contributed by atoms with van der Waals surface area (Å²) in [5.74, 6) is 0.312. The Hall–Kier alpha value is -1.51. The fourth-order valence-electron chi connectivity index (χ4n) is 2.71. The summed E-state index contributed by atoms with van der Waals surface area (Å²) in [6.07, 6.45) is 24.3. The second-order valence-electron chi connectivity index (χ2n) is 7.00. The summed E-state index contributed by atoms with van der Waals surface area (Å²) in [7, 11) is 0. The molecule has 0 aromatic heterocycles. The van der Waals surface area contributed by atoms with Gasteiger partial charge in [0.05, 0.1) is 5.76 Å². The van der Waals surface area contributed by atoms with Gasteiger partial charge in [-0.15, -0.1) is 0 Å². The molecule has 3 heteroatoms. The van der Waals surface area contributed by atoms with Crippen molar-refractivity contribution in [3.63, 3.8) is 0 Å². The highest BCUT2D eigenvalue weighted by atomic mass is 16.3. The van der Waals surface area contributed by atoms with E-state index in [9.17, 15) is 4.79 Å². The standard InChI is InChI=1S/C23H41NO2/c1-3-4-5-6-7-8-9-10-11-12-13-14-15-16-17-20-23(26)24-21-18-19-22(2)25/h7-8,10-11,25H,2-6,9,12-21H2,1H3,(H,24,26)/b8-7-,11-10-. The van der Waals surface area contributed by atoms with Gasteiger partial charge in [-0.3, -0.25) is 4.79 Å². The van der Waals surface area contributed by atoms with E-state index in [1.165, 1.54) is 51.4 Å². The van der Waals surface area contributed by atoms with Gasteiger partial charge in [-0.1, -0.05) is 69.9 Å². The molecule has 0 heterocycles. The van der Waals surface area contributed by atoms with Crippen LogP contribution in [0.5, 0.6) is 0 Å². The van der Waals surface area contributed by atoms with Crippen LogP contribution < -0.4 is 5.32 Å². The summed E-state index contributed by atoms with van der Waals surface area (Å²) in [6, 6.07) is 0. The molecular formula is C23H41NO2. The average molecular weight is 364 g/mol. The van der Waals surface area contributed by atoms with E-state index in [4.69, 9.17) is 5.11 Å². The SMILES string of the molecule is C=C(O)CCCNC(=O)CCCCCCC/C=C\C/C=C\CCCCC. The largest absolute Gasteiger partial charge is 0.513 e. The first-order chi connectivity index (χ1) is 12.7. The first-order valence-electron chi connectivity index (χ1n) is 10.6. The van der Waals surface area contributed by atoms with Gasteiger partial charge in [-0.25, -0.2) is 0 Å². The van der Waals surface area contributed by atoms with Crippen LogP contribution in [0.1, 0.15) is 96.8 Å². The van der Waals surface area contributed by atoms with Crippen molar-refractivity contribution in [3.8, 4) is 0 Å². The third-order valence-electron chi connectivity index (χ3n) is 4.32. The zero-order valence-corrected chi connectivity index (χ0v) is 17.0. The summed E-state index contributed by atoms with van der Waals surface area (Å²) >= 11 is 0. The van der Waals surface area contributed by atoms with Gasteiger partial charge in [-0.2, -0.15) is 0 Å². The Morgan fingerprint density at radius 2 is 1.46 bits per heavy atom. The molecule has 0 aliphatic rings. The lowest BCUT2D eigenvalue weighted by Crippen LogP contribution is -2.24. The van der Waals surface area contributed by atoms with Crippen LogP contribution in [0.2, 0.25) is 0 Å². The zero-order chi connectivity index (χ0) is 19.3. The summed E-state index contributed by atoms with van der Waals surface area (Å²) in [4.78, 5) is 11.6. The Bertz CT molecular complexity index is 399. The second-order valence-corrected chi connectivity index (χ2v) is 7.00. The molecule has 0 atom stereocenters. The molecule has 3 nitrogen and oxygen atoms in total. The molecule has 0 aromatic rings. The Kier molecular flexibility index (Phi) is 18.7. The number of aliphatic hydroxyl groups is 1. The van der Waals surface area contributed by atoms with Crippen LogP contribution in [-0.2, 0) is 4.79 Å². The molecule has 0 aromatic carbocycles. The van der Waals surface area contributed by atoms with E-state index in [1.54, 1.807) is 0 Å². The third kappa shape index (κ3) is 20.5. The summed E-state index contributed by atoms with van der Waals surface area (Å²) in [5, 5.41) is 11.8. The van der Waals surface area contributed by atoms with Gasteiger partial charge in [0, 0.05) is 19.4 Å². The van der Waals surface area contributed by atoms with Crippen molar-refractivity contribution in [3.05, 3.63) is 36.6 Å². The number of allylic oxidation sites excluding steroid dienone is 5. The topological polar surface area (TPSA) is 49.3 Å². The number of amides is 1. The van der Waals surface area contributed by atoms with Crippen molar-refractivity contribution in [2.45, 2.75) is 96.8 Å². The fraction of sp³-hybridized carbons (Fsp3) is 0.696. The number of carbonyl (C=O) groups is 1. The van der Waals surface area contributed by atoms with Crippen LogP contribution in [0.3, 0.4) is 0 Å². The fourth-order valence-corrected chi connectivity index (χ4v) is 2.71. The van der Waals surface area contributed by atoms with Crippen LogP contribution in [-0.4, -0.2) is 17.6 Å². The van der Waals surface area contributed by atoms with Crippen molar-refractivity contribution >= 4 is 5.91 Å². The molecule has 0 bridgehead atoms. The highest BCUT2D eigenvalue weighted by Crippen LogP contribution is 2.08. The van der Waals surface area contributed by atoms with Gasteiger partial charge in [0.15, 0.2) is 0 Å². The quantitative estimate of drug-likeness (QED) is 0.160. The average Bonchev–Trinajstić information content (AvgIpc) is 2.62. The van der Waals surface area contributed by atoms with Gasteiger partial charge in [-0.05, 0) is 44.9 Å². The van der Waals surface area contributed by atoms with E-state index in [0.29, 0.717) is 19.4 Å². The predicted molar refractivity (Wildman–Crippen MR) is 113 cm³/mol. The minimum absolute atomic E-state index is 0.124. The normalized spacial score (nSPS) is 11.4. The molecule has 0 aliphatic heterocycles. The Balaban J connectivity index is 3.29. The molecule has 0 unspecified atom stereocenters. The second kappa shape index (κ2) is 19.8. The lowest BCUT2D eigenvalue weighted by atomic mass is 10.1. The minimum atomic E-state index is 0.124. The van der Waals surface area contributed by atoms with Crippen molar-refractivity contribution in [1.82, 2.24) is 5.32 Å². The highest BCUT2D eigenvalue weighted by molar-refractivity contribution is 5.75. The summed E-state index contributed by atoms with van der Waals surface area (Å²) < 4.78 is 0. The van der Waals surface area contributed by atoms with Crippen molar-refractivity contribution in [2.24, 2.45) is 0 Å². The first-order valence-corrected chi connectivity index (χ1v) is 10.6. The number of hydrogen-bond acceptors (Lipinski definition) is 2. The van der Waals surface area contributed by atoms with Crippen LogP contribution in [0.15, 0.2) is 36.6 Å². The van der Waals surface area contributed by atoms with Crippen LogP contribution in [0, 0.1) is 0 Å². The van der Waals surface area contributed by atoms with E-state index >= 15 is 0 Å². The number of rotatable bonds is 18. The summed E-state index contributed by atoms with van der Waals surface area (Å²) in [5.41, 5.74) is 0. The van der Waals surface area contributed by atoms with Crippen LogP contribution >= 0.6 is 0 Å². The van der Waals surface area contributed by atoms with Gasteiger partial charge < -0.3 is 10.4 Å². The maximum atomic E-state index is 11.6. The van der Waals surface area contributed by atoms with E-state index in [1.807, 2.05) is 0 Å². The number of aliphatic hydroxyl groups excluding tert-OH is 1. The molecule has 0 saturated carbocycles. The molecule has 2 N–H and O–H groups in total. The highest BCUT2D eigenvalue weighted by Gasteiger charge is 2.00. The van der Waals surface area contributed by atoms with Gasteiger partial charge >= 0.3 is 0 Å². The smallest absolute Gasteiger partial charge is 0.219 e. The predicted octanol–water partition coefficient (Wildman–Crippen LogP) is 6.77. The van der Waals surface area contributed by atoms with E-state index in [-0.39, 0.29) is 11.7 Å².